The average Bonchev–Trinajstić information content (AvgIpc) is 3.06. The van der Waals surface area contributed by atoms with Gasteiger partial charge in [0.15, 0.2) is 0 Å². The van der Waals surface area contributed by atoms with Crippen LogP contribution in [0.3, 0.4) is 0 Å². The zero-order chi connectivity index (χ0) is 21.8. The maximum Gasteiger partial charge on any atom is 0.410 e. The smallest absolute Gasteiger partial charge is 0.410 e. The van der Waals surface area contributed by atoms with E-state index in [9.17, 15) is 14.4 Å². The van der Waals surface area contributed by atoms with E-state index in [4.69, 9.17) is 9.47 Å². The summed E-state index contributed by atoms with van der Waals surface area (Å²) in [6.07, 6.45) is 1.61. The third kappa shape index (κ3) is 7.18. The lowest BCUT2D eigenvalue weighted by Gasteiger charge is -2.28. The van der Waals surface area contributed by atoms with E-state index in [1.807, 2.05) is 53.7 Å². The maximum absolute atomic E-state index is 13.0. The molecule has 1 amide bonds. The molecular formula is C23H33NO5. The fourth-order valence-electron chi connectivity index (χ4n) is 3.48. The number of carbonyl (C=O) groups is 3. The second-order valence-electron chi connectivity index (χ2n) is 9.68. The normalized spacial score (nSPS) is 18.3. The van der Waals surface area contributed by atoms with Crippen LogP contribution in [-0.4, -0.2) is 47.5 Å². The van der Waals surface area contributed by atoms with Crippen LogP contribution in [0.1, 0.15) is 63.9 Å². The van der Waals surface area contributed by atoms with Gasteiger partial charge in [-0.2, -0.15) is 0 Å². The molecule has 1 saturated heterocycles. The minimum Gasteiger partial charge on any atom is -0.460 e. The Hall–Kier alpha value is -2.37. The molecule has 1 heterocycles. The number of carbonyl (C=O) groups excluding carboxylic acids is 3. The largest absolute Gasteiger partial charge is 0.460 e. The first-order valence-electron chi connectivity index (χ1n) is 10.1. The number of likely N-dealkylation sites (tertiary alicyclic amines) is 1. The van der Waals surface area contributed by atoms with Crippen molar-refractivity contribution in [3.05, 3.63) is 35.4 Å². The van der Waals surface area contributed by atoms with E-state index < -0.39 is 17.1 Å². The number of hydrogen-bond donors (Lipinski definition) is 0. The van der Waals surface area contributed by atoms with Crippen LogP contribution in [0.15, 0.2) is 24.3 Å². The highest BCUT2D eigenvalue weighted by Crippen LogP contribution is 2.30. The number of amides is 1. The molecule has 0 bridgehead atoms. The van der Waals surface area contributed by atoms with Gasteiger partial charge in [-0.1, -0.05) is 18.2 Å². The van der Waals surface area contributed by atoms with Crippen LogP contribution in [0, 0.1) is 11.8 Å². The molecule has 0 spiro atoms. The van der Waals surface area contributed by atoms with E-state index in [1.165, 1.54) is 0 Å². The lowest BCUT2D eigenvalue weighted by atomic mass is 9.85. The number of nitrogens with zero attached hydrogens (tertiary/aromatic N) is 1. The summed E-state index contributed by atoms with van der Waals surface area (Å²) in [4.78, 5) is 38.2. The van der Waals surface area contributed by atoms with Crippen molar-refractivity contribution in [3.63, 3.8) is 0 Å². The second-order valence-corrected chi connectivity index (χ2v) is 9.68. The van der Waals surface area contributed by atoms with E-state index >= 15 is 0 Å². The average molecular weight is 404 g/mol. The number of rotatable bonds is 5. The topological polar surface area (TPSA) is 72.9 Å². The predicted molar refractivity (Wildman–Crippen MR) is 111 cm³/mol. The van der Waals surface area contributed by atoms with Crippen molar-refractivity contribution >= 4 is 18.3 Å². The molecule has 1 aliphatic rings. The number of hydrogen-bond acceptors (Lipinski definition) is 5. The van der Waals surface area contributed by atoms with Crippen LogP contribution in [0.4, 0.5) is 4.79 Å². The number of aldehydes is 1. The van der Waals surface area contributed by atoms with Crippen molar-refractivity contribution in [2.45, 2.75) is 65.6 Å². The minimum absolute atomic E-state index is 0.0303. The molecule has 1 aromatic carbocycles. The summed E-state index contributed by atoms with van der Waals surface area (Å²) in [5, 5.41) is 0. The Labute approximate surface area is 173 Å². The highest BCUT2D eigenvalue weighted by Gasteiger charge is 2.39. The van der Waals surface area contributed by atoms with E-state index in [2.05, 4.69) is 0 Å². The van der Waals surface area contributed by atoms with Gasteiger partial charge >= 0.3 is 12.1 Å². The number of esters is 1. The molecule has 1 aliphatic heterocycles. The van der Waals surface area contributed by atoms with E-state index in [1.54, 1.807) is 17.0 Å². The highest BCUT2D eigenvalue weighted by atomic mass is 16.6. The van der Waals surface area contributed by atoms with Gasteiger partial charge in [0, 0.05) is 18.7 Å². The van der Waals surface area contributed by atoms with Gasteiger partial charge in [-0.3, -0.25) is 9.59 Å². The van der Waals surface area contributed by atoms with Gasteiger partial charge in [-0.25, -0.2) is 4.79 Å². The van der Waals surface area contributed by atoms with Gasteiger partial charge < -0.3 is 14.4 Å². The van der Waals surface area contributed by atoms with Crippen LogP contribution in [-0.2, 0) is 20.7 Å². The summed E-state index contributed by atoms with van der Waals surface area (Å²) in [5.41, 5.74) is 0.326. The Kier molecular flexibility index (Phi) is 7.09. The van der Waals surface area contributed by atoms with E-state index in [-0.39, 0.29) is 18.0 Å². The summed E-state index contributed by atoms with van der Waals surface area (Å²) in [6.45, 7) is 12.0. The maximum atomic E-state index is 13.0. The monoisotopic (exact) mass is 403 g/mol. The third-order valence-corrected chi connectivity index (χ3v) is 4.70. The van der Waals surface area contributed by atoms with Gasteiger partial charge in [-0.05, 0) is 71.9 Å². The molecule has 6 heteroatoms. The first-order chi connectivity index (χ1) is 13.4. The Morgan fingerprint density at radius 3 is 2.38 bits per heavy atom. The summed E-state index contributed by atoms with van der Waals surface area (Å²) in [5.74, 6) is -0.703. The standard InChI is InChI=1S/C23H33NO5/c1-22(2,3)28-20(26)19(13-16-8-7-9-17(12-16)15-25)18-10-11-24(14-18)21(27)29-23(4,5)6/h7-9,12,15,18-19H,10-11,13-14H2,1-6H3/t18-,19-/m1/s1. The quantitative estimate of drug-likeness (QED) is 0.543. The molecule has 2 rings (SSSR count). The molecule has 0 radical (unpaired) electrons. The molecule has 6 nitrogen and oxygen atoms in total. The SMILES string of the molecule is CC(C)(C)OC(=O)[C@H](Cc1cccc(C=O)c1)[C@@H]1CCN(C(=O)OC(C)(C)C)C1. The van der Waals surface area contributed by atoms with Crippen LogP contribution < -0.4 is 0 Å². The summed E-state index contributed by atoms with van der Waals surface area (Å²) >= 11 is 0. The van der Waals surface area contributed by atoms with Crippen molar-refractivity contribution in [1.29, 1.82) is 0 Å². The Morgan fingerprint density at radius 1 is 1.14 bits per heavy atom. The highest BCUT2D eigenvalue weighted by molar-refractivity contribution is 5.76. The lowest BCUT2D eigenvalue weighted by molar-refractivity contribution is -0.161. The summed E-state index contributed by atoms with van der Waals surface area (Å²) in [6, 6.07) is 7.25. The van der Waals surface area contributed by atoms with Gasteiger partial charge in [0.05, 0.1) is 5.92 Å². The van der Waals surface area contributed by atoms with Crippen LogP contribution in [0.2, 0.25) is 0 Å². The molecule has 0 aromatic heterocycles. The summed E-state index contributed by atoms with van der Waals surface area (Å²) < 4.78 is 11.1. The first-order valence-corrected chi connectivity index (χ1v) is 10.1. The van der Waals surface area contributed by atoms with Gasteiger partial charge in [0.1, 0.15) is 17.5 Å². The number of benzene rings is 1. The number of ether oxygens (including phenoxy) is 2. The van der Waals surface area contributed by atoms with Crippen LogP contribution >= 0.6 is 0 Å². The molecule has 2 atom stereocenters. The molecular weight excluding hydrogens is 370 g/mol. The summed E-state index contributed by atoms with van der Waals surface area (Å²) in [7, 11) is 0. The molecule has 1 fully saturated rings. The van der Waals surface area contributed by atoms with Gasteiger partial charge in [0.2, 0.25) is 0 Å². The first kappa shape index (κ1) is 22.9. The Balaban J connectivity index is 2.18. The van der Waals surface area contributed by atoms with Crippen molar-refractivity contribution in [1.82, 2.24) is 4.90 Å². The van der Waals surface area contributed by atoms with Crippen LogP contribution in [0.25, 0.3) is 0 Å². The molecule has 29 heavy (non-hydrogen) atoms. The van der Waals surface area contributed by atoms with Gasteiger partial charge in [0.25, 0.3) is 0 Å². The lowest BCUT2D eigenvalue weighted by Crippen LogP contribution is -2.38. The zero-order valence-corrected chi connectivity index (χ0v) is 18.4. The van der Waals surface area contributed by atoms with Crippen molar-refractivity contribution in [3.8, 4) is 0 Å². The van der Waals surface area contributed by atoms with Crippen LogP contribution in [0.5, 0.6) is 0 Å². The Bertz CT molecular complexity index is 744. The Morgan fingerprint density at radius 2 is 1.79 bits per heavy atom. The molecule has 160 valence electrons. The van der Waals surface area contributed by atoms with E-state index in [0.717, 1.165) is 11.8 Å². The minimum atomic E-state index is -0.594. The molecule has 0 saturated carbocycles. The van der Waals surface area contributed by atoms with E-state index in [0.29, 0.717) is 31.5 Å². The zero-order valence-electron chi connectivity index (χ0n) is 18.4. The third-order valence-electron chi connectivity index (χ3n) is 4.70. The van der Waals surface area contributed by atoms with Crippen molar-refractivity contribution < 1.29 is 23.9 Å². The fraction of sp³-hybridized carbons (Fsp3) is 0.609. The van der Waals surface area contributed by atoms with Crippen molar-refractivity contribution in [2.75, 3.05) is 13.1 Å². The van der Waals surface area contributed by atoms with Crippen molar-refractivity contribution in [2.24, 2.45) is 11.8 Å². The fourth-order valence-corrected chi connectivity index (χ4v) is 3.48. The molecule has 0 aliphatic carbocycles. The molecule has 1 aromatic rings. The molecule has 0 N–H and O–H groups in total. The molecule has 0 unspecified atom stereocenters. The second kappa shape index (κ2) is 8.97. The predicted octanol–water partition coefficient (Wildman–Crippen LogP) is 4.26. The van der Waals surface area contributed by atoms with Gasteiger partial charge in [-0.15, -0.1) is 0 Å².